The Balaban J connectivity index is 2.35. The fourth-order valence-corrected chi connectivity index (χ4v) is 1.83. The molecule has 0 aliphatic carbocycles. The summed E-state index contributed by atoms with van der Waals surface area (Å²) in [5.74, 6) is -0.701. The summed E-state index contributed by atoms with van der Waals surface area (Å²) >= 11 is 0. The Morgan fingerprint density at radius 3 is 2.60 bits per heavy atom. The molecule has 0 N–H and O–H groups in total. The van der Waals surface area contributed by atoms with Crippen molar-refractivity contribution in [1.82, 2.24) is 4.90 Å². The number of carbonyl (C=O) groups excluding carboxylic acids is 2. The van der Waals surface area contributed by atoms with Gasteiger partial charge in [-0.15, -0.1) is 0 Å². The van der Waals surface area contributed by atoms with Gasteiger partial charge >= 0.3 is 5.97 Å². The van der Waals surface area contributed by atoms with Crippen molar-refractivity contribution < 1.29 is 18.7 Å². The lowest BCUT2D eigenvalue weighted by atomic mass is 10.2. The van der Waals surface area contributed by atoms with E-state index in [0.717, 1.165) is 0 Å². The number of halogens is 1. The third-order valence-electron chi connectivity index (χ3n) is 2.76. The van der Waals surface area contributed by atoms with E-state index in [1.54, 1.807) is 37.1 Å². The molecule has 0 aromatic heterocycles. The Hall–Kier alpha value is -1.75. The first kappa shape index (κ1) is 16.3. The second-order valence-corrected chi connectivity index (χ2v) is 4.61. The summed E-state index contributed by atoms with van der Waals surface area (Å²) in [6, 6.07) is 6.47. The topological polar surface area (TPSA) is 46.6 Å². The van der Waals surface area contributed by atoms with Crippen molar-refractivity contribution >= 4 is 11.8 Å². The van der Waals surface area contributed by atoms with Gasteiger partial charge in [0.2, 0.25) is 0 Å². The summed E-state index contributed by atoms with van der Waals surface area (Å²) in [5.41, 5.74) is 0.549. The molecule has 0 fully saturated rings. The van der Waals surface area contributed by atoms with E-state index in [1.807, 2.05) is 0 Å². The van der Waals surface area contributed by atoms with Gasteiger partial charge in [0.25, 0.3) is 0 Å². The first-order valence-corrected chi connectivity index (χ1v) is 6.62. The lowest BCUT2D eigenvalue weighted by Gasteiger charge is -2.16. The molecule has 0 spiro atoms. The predicted molar refractivity (Wildman–Crippen MR) is 73.6 cm³/mol. The number of benzene rings is 1. The third kappa shape index (κ3) is 5.93. The molecule has 0 saturated carbocycles. The van der Waals surface area contributed by atoms with Crippen molar-refractivity contribution in [1.29, 1.82) is 0 Å². The van der Waals surface area contributed by atoms with E-state index in [-0.39, 0.29) is 37.0 Å². The minimum atomic E-state index is -0.363. The molecular weight excluding hydrogens is 261 g/mol. The van der Waals surface area contributed by atoms with Gasteiger partial charge in [-0.2, -0.15) is 0 Å². The summed E-state index contributed by atoms with van der Waals surface area (Å²) in [6.45, 7) is 2.59. The quantitative estimate of drug-likeness (QED) is 0.685. The van der Waals surface area contributed by atoms with Crippen molar-refractivity contribution in [3.8, 4) is 0 Å². The number of hydrogen-bond donors (Lipinski definition) is 0. The predicted octanol–water partition coefficient (Wildman–Crippen LogP) is 2.17. The average molecular weight is 281 g/mol. The van der Waals surface area contributed by atoms with Crippen LogP contribution in [0.15, 0.2) is 24.3 Å². The zero-order valence-electron chi connectivity index (χ0n) is 11.9. The zero-order chi connectivity index (χ0) is 15.0. The first-order valence-electron chi connectivity index (χ1n) is 6.62. The molecule has 0 saturated heterocycles. The first-order chi connectivity index (χ1) is 9.52. The molecule has 5 heteroatoms. The lowest BCUT2D eigenvalue weighted by Crippen LogP contribution is -2.26. The van der Waals surface area contributed by atoms with Crippen molar-refractivity contribution in [2.45, 2.75) is 26.3 Å². The van der Waals surface area contributed by atoms with Gasteiger partial charge in [-0.05, 0) is 20.0 Å². The van der Waals surface area contributed by atoms with Gasteiger partial charge in [0, 0.05) is 18.5 Å². The molecule has 0 heterocycles. The van der Waals surface area contributed by atoms with Crippen LogP contribution in [0.4, 0.5) is 4.39 Å². The Morgan fingerprint density at radius 2 is 1.95 bits per heavy atom. The Labute approximate surface area is 118 Å². The second kappa shape index (κ2) is 8.43. The third-order valence-corrected chi connectivity index (χ3v) is 2.76. The second-order valence-electron chi connectivity index (χ2n) is 4.61. The van der Waals surface area contributed by atoms with Crippen LogP contribution in [-0.2, 0) is 20.9 Å². The highest BCUT2D eigenvalue weighted by Crippen LogP contribution is 2.09. The van der Waals surface area contributed by atoms with Crippen LogP contribution in [0.1, 0.15) is 25.3 Å². The molecule has 0 amide bonds. The number of likely N-dealkylation sites (N-methyl/N-ethyl adjacent to an activating group) is 1. The van der Waals surface area contributed by atoms with Crippen LogP contribution in [0.5, 0.6) is 0 Å². The normalized spacial score (nSPS) is 10.6. The molecule has 0 radical (unpaired) electrons. The summed E-state index contributed by atoms with van der Waals surface area (Å²) < 4.78 is 18.2. The standard InChI is InChI=1S/C15H20FNO3/c1-3-20-15(19)9-8-13(18)11-17(2)10-12-6-4-5-7-14(12)16/h4-7H,3,8-11H2,1-2H3. The Bertz CT molecular complexity index is 462. The highest BCUT2D eigenvalue weighted by Gasteiger charge is 2.11. The summed E-state index contributed by atoms with van der Waals surface area (Å²) in [7, 11) is 1.74. The van der Waals surface area contributed by atoms with Crippen LogP contribution in [0, 0.1) is 5.82 Å². The molecule has 0 bridgehead atoms. The summed E-state index contributed by atoms with van der Waals surface area (Å²) in [4.78, 5) is 24.6. The van der Waals surface area contributed by atoms with E-state index in [4.69, 9.17) is 4.74 Å². The molecular formula is C15H20FNO3. The molecule has 0 aliphatic heterocycles. The maximum absolute atomic E-state index is 13.5. The van der Waals surface area contributed by atoms with E-state index in [2.05, 4.69) is 0 Å². The molecule has 0 atom stereocenters. The van der Waals surface area contributed by atoms with Gasteiger partial charge in [0.1, 0.15) is 11.6 Å². The van der Waals surface area contributed by atoms with E-state index < -0.39 is 0 Å². The largest absolute Gasteiger partial charge is 0.466 e. The number of nitrogens with zero attached hydrogens (tertiary/aromatic N) is 1. The van der Waals surface area contributed by atoms with Gasteiger partial charge in [-0.25, -0.2) is 4.39 Å². The molecule has 1 rings (SSSR count). The number of carbonyl (C=O) groups is 2. The molecule has 4 nitrogen and oxygen atoms in total. The molecule has 20 heavy (non-hydrogen) atoms. The Kier molecular flexibility index (Phi) is 6.87. The van der Waals surface area contributed by atoms with Crippen LogP contribution in [0.2, 0.25) is 0 Å². The average Bonchev–Trinajstić information content (AvgIpc) is 2.39. The van der Waals surface area contributed by atoms with E-state index in [0.29, 0.717) is 18.7 Å². The lowest BCUT2D eigenvalue weighted by molar-refractivity contribution is -0.144. The molecule has 0 aliphatic rings. The van der Waals surface area contributed by atoms with Gasteiger partial charge in [0.05, 0.1) is 19.6 Å². The minimum absolute atomic E-state index is 0.0584. The SMILES string of the molecule is CCOC(=O)CCC(=O)CN(C)Cc1ccccc1F. The van der Waals surface area contributed by atoms with Crippen molar-refractivity contribution in [2.24, 2.45) is 0 Å². The maximum Gasteiger partial charge on any atom is 0.306 e. The summed E-state index contributed by atoms with van der Waals surface area (Å²) in [6.07, 6.45) is 0.251. The van der Waals surface area contributed by atoms with Gasteiger partial charge in [0.15, 0.2) is 0 Å². The highest BCUT2D eigenvalue weighted by molar-refractivity contribution is 5.84. The summed E-state index contributed by atoms with van der Waals surface area (Å²) in [5, 5.41) is 0. The number of ether oxygens (including phenoxy) is 1. The fraction of sp³-hybridized carbons (Fsp3) is 0.467. The number of esters is 1. The zero-order valence-corrected chi connectivity index (χ0v) is 11.9. The number of rotatable bonds is 8. The Morgan fingerprint density at radius 1 is 1.25 bits per heavy atom. The van der Waals surface area contributed by atoms with Crippen LogP contribution in [-0.4, -0.2) is 36.9 Å². The van der Waals surface area contributed by atoms with E-state index in [9.17, 15) is 14.0 Å². The van der Waals surface area contributed by atoms with E-state index in [1.165, 1.54) is 6.07 Å². The molecule has 1 aromatic carbocycles. The van der Waals surface area contributed by atoms with Gasteiger partial charge in [-0.1, -0.05) is 18.2 Å². The van der Waals surface area contributed by atoms with Crippen LogP contribution in [0.25, 0.3) is 0 Å². The van der Waals surface area contributed by atoms with Gasteiger partial charge < -0.3 is 4.74 Å². The van der Waals surface area contributed by atoms with Crippen LogP contribution < -0.4 is 0 Å². The minimum Gasteiger partial charge on any atom is -0.466 e. The molecule has 0 unspecified atom stereocenters. The van der Waals surface area contributed by atoms with Crippen molar-refractivity contribution in [3.05, 3.63) is 35.6 Å². The molecule has 110 valence electrons. The van der Waals surface area contributed by atoms with Crippen molar-refractivity contribution in [2.75, 3.05) is 20.2 Å². The van der Waals surface area contributed by atoms with Crippen molar-refractivity contribution in [3.63, 3.8) is 0 Å². The van der Waals surface area contributed by atoms with Crippen LogP contribution >= 0.6 is 0 Å². The maximum atomic E-state index is 13.5. The smallest absolute Gasteiger partial charge is 0.306 e. The monoisotopic (exact) mass is 281 g/mol. The van der Waals surface area contributed by atoms with Gasteiger partial charge in [-0.3, -0.25) is 14.5 Å². The molecule has 1 aromatic rings. The van der Waals surface area contributed by atoms with E-state index >= 15 is 0 Å². The number of ketones is 1. The number of hydrogen-bond acceptors (Lipinski definition) is 4. The fourth-order valence-electron chi connectivity index (χ4n) is 1.83. The number of Topliss-reactive ketones (excluding diaryl/α,β-unsaturated/α-hetero) is 1. The van der Waals surface area contributed by atoms with Crippen LogP contribution in [0.3, 0.4) is 0 Å². The highest BCUT2D eigenvalue weighted by atomic mass is 19.1.